The summed E-state index contributed by atoms with van der Waals surface area (Å²) in [5, 5.41) is 12.7. The van der Waals surface area contributed by atoms with Gasteiger partial charge in [-0.05, 0) is 51.4 Å². The number of nitrogens with one attached hydrogen (secondary N) is 1. The lowest BCUT2D eigenvalue weighted by Crippen LogP contribution is -2.41. The summed E-state index contributed by atoms with van der Waals surface area (Å²) in [6.45, 7) is 0.893. The number of nitrogens with zero attached hydrogens (tertiary/aromatic N) is 2. The number of hydrogen-bond donors (Lipinski definition) is 2. The summed E-state index contributed by atoms with van der Waals surface area (Å²) in [7, 11) is 5.58. The average molecular weight is 321 g/mol. The van der Waals surface area contributed by atoms with E-state index in [1.165, 1.54) is 0 Å². The van der Waals surface area contributed by atoms with Gasteiger partial charge in [-0.1, -0.05) is 6.07 Å². The van der Waals surface area contributed by atoms with Crippen molar-refractivity contribution in [1.82, 2.24) is 15.2 Å². The molecule has 6 nitrogen and oxygen atoms in total. The molecule has 1 unspecified atom stereocenters. The van der Waals surface area contributed by atoms with Crippen molar-refractivity contribution < 1.29 is 14.6 Å². The molecule has 0 saturated heterocycles. The zero-order chi connectivity index (χ0) is 16.8. The summed E-state index contributed by atoms with van der Waals surface area (Å²) >= 11 is 0. The molecule has 0 aliphatic heterocycles. The number of ether oxygens (including phenoxy) is 1. The van der Waals surface area contributed by atoms with Crippen LogP contribution in [0.4, 0.5) is 0 Å². The van der Waals surface area contributed by atoms with E-state index in [1.807, 2.05) is 20.2 Å². The Morgan fingerprint density at radius 1 is 1.48 bits per heavy atom. The fourth-order valence-corrected chi connectivity index (χ4v) is 2.87. The van der Waals surface area contributed by atoms with E-state index in [0.717, 1.165) is 18.5 Å². The van der Waals surface area contributed by atoms with E-state index >= 15 is 0 Å². The van der Waals surface area contributed by atoms with Crippen LogP contribution in [0.5, 0.6) is 5.88 Å². The number of hydrogen-bond acceptors (Lipinski definition) is 5. The Morgan fingerprint density at radius 3 is 2.74 bits per heavy atom. The summed E-state index contributed by atoms with van der Waals surface area (Å²) in [6.07, 6.45) is 4.27. The van der Waals surface area contributed by atoms with Gasteiger partial charge >= 0.3 is 0 Å². The van der Waals surface area contributed by atoms with Crippen molar-refractivity contribution in [2.24, 2.45) is 5.92 Å². The highest BCUT2D eigenvalue weighted by molar-refractivity contribution is 5.76. The molecule has 1 aliphatic carbocycles. The molecule has 2 rings (SSSR count). The van der Waals surface area contributed by atoms with E-state index in [1.54, 1.807) is 19.4 Å². The first kappa shape index (κ1) is 17.7. The lowest BCUT2D eigenvalue weighted by atomic mass is 9.75. The van der Waals surface area contributed by atoms with Gasteiger partial charge in [-0.2, -0.15) is 0 Å². The predicted octanol–water partition coefficient (Wildman–Crippen LogP) is 1.36. The van der Waals surface area contributed by atoms with E-state index in [2.05, 4.69) is 15.2 Å². The zero-order valence-corrected chi connectivity index (χ0v) is 14.2. The van der Waals surface area contributed by atoms with E-state index < -0.39 is 0 Å². The van der Waals surface area contributed by atoms with Crippen LogP contribution in [0.1, 0.15) is 37.3 Å². The first-order valence-corrected chi connectivity index (χ1v) is 8.11. The molecule has 6 heteroatoms. The van der Waals surface area contributed by atoms with Gasteiger partial charge in [0.25, 0.3) is 0 Å². The van der Waals surface area contributed by atoms with E-state index in [0.29, 0.717) is 25.1 Å². The Bertz CT molecular complexity index is 498. The lowest BCUT2D eigenvalue weighted by molar-refractivity contribution is -0.123. The predicted molar refractivity (Wildman–Crippen MR) is 88.2 cm³/mol. The molecule has 1 aromatic rings. The van der Waals surface area contributed by atoms with Crippen LogP contribution in [0.2, 0.25) is 0 Å². The number of amides is 1. The molecule has 0 radical (unpaired) electrons. The minimum absolute atomic E-state index is 0.0501. The molecule has 128 valence electrons. The second-order valence-corrected chi connectivity index (χ2v) is 6.47. The lowest BCUT2D eigenvalue weighted by Gasteiger charge is -2.38. The van der Waals surface area contributed by atoms with Gasteiger partial charge in [0.2, 0.25) is 11.8 Å². The first-order chi connectivity index (χ1) is 11.0. The van der Waals surface area contributed by atoms with Crippen LogP contribution in [-0.2, 0) is 4.79 Å². The monoisotopic (exact) mass is 321 g/mol. The zero-order valence-electron chi connectivity index (χ0n) is 14.2. The Hall–Kier alpha value is -1.66. The van der Waals surface area contributed by atoms with Crippen LogP contribution in [0.3, 0.4) is 0 Å². The van der Waals surface area contributed by atoms with Gasteiger partial charge < -0.3 is 20.1 Å². The highest BCUT2D eigenvalue weighted by Gasteiger charge is 2.35. The van der Waals surface area contributed by atoms with Gasteiger partial charge in [0.05, 0.1) is 19.3 Å². The molecule has 23 heavy (non-hydrogen) atoms. The summed E-state index contributed by atoms with van der Waals surface area (Å²) in [5.74, 6) is 0.866. The molecule has 1 heterocycles. The number of carbonyl (C=O) groups excluding carboxylic acids is 1. The maximum Gasteiger partial charge on any atom is 0.220 e. The van der Waals surface area contributed by atoms with Crippen molar-refractivity contribution in [3.8, 4) is 5.88 Å². The largest absolute Gasteiger partial charge is 0.481 e. The van der Waals surface area contributed by atoms with Crippen LogP contribution >= 0.6 is 0 Å². The van der Waals surface area contributed by atoms with Crippen LogP contribution in [0, 0.1) is 5.92 Å². The molecule has 0 bridgehead atoms. The fraction of sp³-hybridized carbons (Fsp3) is 0.647. The molecule has 1 amide bonds. The number of pyridine rings is 1. The third-order valence-electron chi connectivity index (χ3n) is 4.27. The topological polar surface area (TPSA) is 74.7 Å². The van der Waals surface area contributed by atoms with Crippen LogP contribution in [-0.4, -0.2) is 54.8 Å². The van der Waals surface area contributed by atoms with Gasteiger partial charge in [0.15, 0.2) is 0 Å². The van der Waals surface area contributed by atoms with Gasteiger partial charge in [-0.25, -0.2) is 4.98 Å². The van der Waals surface area contributed by atoms with Crippen LogP contribution in [0.25, 0.3) is 0 Å². The Morgan fingerprint density at radius 2 is 2.22 bits per heavy atom. The number of aromatic nitrogens is 1. The summed E-state index contributed by atoms with van der Waals surface area (Å²) < 4.78 is 5.08. The number of carbonyl (C=O) groups is 1. The van der Waals surface area contributed by atoms with Crippen molar-refractivity contribution >= 4 is 5.91 Å². The van der Waals surface area contributed by atoms with E-state index in [-0.39, 0.29) is 24.0 Å². The summed E-state index contributed by atoms with van der Waals surface area (Å²) in [4.78, 5) is 18.5. The SMILES string of the molecule is COc1ccc(C(NC(=O)CCCN(C)C)C2CC(O)C2)cn1. The Kier molecular flexibility index (Phi) is 6.36. The highest BCUT2D eigenvalue weighted by atomic mass is 16.5. The highest BCUT2D eigenvalue weighted by Crippen LogP contribution is 2.38. The average Bonchev–Trinajstić information content (AvgIpc) is 2.50. The van der Waals surface area contributed by atoms with Gasteiger partial charge in [-0.15, -0.1) is 0 Å². The second-order valence-electron chi connectivity index (χ2n) is 6.47. The Labute approximate surface area is 137 Å². The van der Waals surface area contributed by atoms with Crippen molar-refractivity contribution in [3.05, 3.63) is 23.9 Å². The van der Waals surface area contributed by atoms with Gasteiger partial charge in [0, 0.05) is 18.7 Å². The molecule has 1 aliphatic rings. The van der Waals surface area contributed by atoms with E-state index in [9.17, 15) is 9.90 Å². The quantitative estimate of drug-likeness (QED) is 0.756. The molecule has 1 fully saturated rings. The summed E-state index contributed by atoms with van der Waals surface area (Å²) in [5.41, 5.74) is 0.962. The molecule has 1 atom stereocenters. The van der Waals surface area contributed by atoms with Crippen molar-refractivity contribution in [1.29, 1.82) is 0 Å². The Balaban J connectivity index is 1.98. The number of rotatable bonds is 8. The second kappa shape index (κ2) is 8.26. The standard InChI is InChI=1S/C17H27N3O3/c1-20(2)8-4-5-15(22)19-17(13-9-14(21)10-13)12-6-7-16(23-3)18-11-12/h6-7,11,13-14,17,21H,4-5,8-10H2,1-3H3,(H,19,22). The molecule has 0 aromatic carbocycles. The molecule has 2 N–H and O–H groups in total. The molecule has 1 saturated carbocycles. The molecular formula is C17H27N3O3. The minimum atomic E-state index is -0.251. The van der Waals surface area contributed by atoms with Crippen molar-refractivity contribution in [3.63, 3.8) is 0 Å². The van der Waals surface area contributed by atoms with Gasteiger partial charge in [-0.3, -0.25) is 4.79 Å². The number of aliphatic hydroxyl groups excluding tert-OH is 1. The fourth-order valence-electron chi connectivity index (χ4n) is 2.87. The van der Waals surface area contributed by atoms with E-state index in [4.69, 9.17) is 4.74 Å². The molecule has 0 spiro atoms. The van der Waals surface area contributed by atoms with Gasteiger partial charge in [0.1, 0.15) is 0 Å². The minimum Gasteiger partial charge on any atom is -0.481 e. The third-order valence-corrected chi connectivity index (χ3v) is 4.27. The smallest absolute Gasteiger partial charge is 0.220 e. The van der Waals surface area contributed by atoms with Crippen molar-refractivity contribution in [2.75, 3.05) is 27.7 Å². The summed E-state index contributed by atoms with van der Waals surface area (Å²) in [6, 6.07) is 3.64. The van der Waals surface area contributed by atoms with Crippen molar-refractivity contribution in [2.45, 2.75) is 37.8 Å². The third kappa shape index (κ3) is 5.18. The van der Waals surface area contributed by atoms with Crippen LogP contribution in [0.15, 0.2) is 18.3 Å². The van der Waals surface area contributed by atoms with Crippen LogP contribution < -0.4 is 10.1 Å². The maximum absolute atomic E-state index is 12.2. The number of methoxy groups -OCH3 is 1. The normalized spacial score (nSPS) is 21.6. The first-order valence-electron chi connectivity index (χ1n) is 8.11. The molecular weight excluding hydrogens is 294 g/mol. The number of aliphatic hydroxyl groups is 1. The maximum atomic E-state index is 12.2. The molecule has 1 aromatic heterocycles.